The van der Waals surface area contributed by atoms with Gasteiger partial charge in [-0.15, -0.1) is 0 Å². The molecule has 0 bridgehead atoms. The minimum atomic E-state index is -0.0590. The summed E-state index contributed by atoms with van der Waals surface area (Å²) in [7, 11) is 0. The molecular weight excluding hydrogens is 138 g/mol. The molecule has 2 rings (SSSR count). The van der Waals surface area contributed by atoms with Gasteiger partial charge in [0.15, 0.2) is 0 Å². The number of carbonyl (C=O) groups is 1. The molecule has 1 aliphatic carbocycles. The van der Waals surface area contributed by atoms with Gasteiger partial charge >= 0.3 is 0 Å². The largest absolute Gasteiger partial charge is 0.350 e. The van der Waals surface area contributed by atoms with Crippen LogP contribution in [-0.4, -0.2) is 11.4 Å². The highest BCUT2D eigenvalue weighted by molar-refractivity contribution is 5.91. The lowest BCUT2D eigenvalue weighted by Gasteiger charge is -2.27. The van der Waals surface area contributed by atoms with Gasteiger partial charge in [-0.1, -0.05) is 13.8 Å². The van der Waals surface area contributed by atoms with Crippen molar-refractivity contribution in [2.75, 3.05) is 0 Å². The Balaban J connectivity index is 2.45. The van der Waals surface area contributed by atoms with E-state index in [-0.39, 0.29) is 22.3 Å². The molecule has 1 amide bonds. The van der Waals surface area contributed by atoms with Crippen molar-refractivity contribution >= 4 is 5.91 Å². The molecule has 1 N–H and O–H groups in total. The van der Waals surface area contributed by atoms with Gasteiger partial charge in [-0.25, -0.2) is 0 Å². The van der Waals surface area contributed by atoms with Crippen molar-refractivity contribution in [2.45, 2.75) is 39.7 Å². The van der Waals surface area contributed by atoms with Crippen LogP contribution in [0, 0.1) is 10.8 Å². The van der Waals surface area contributed by atoms with Crippen LogP contribution in [0.3, 0.4) is 0 Å². The van der Waals surface area contributed by atoms with Gasteiger partial charge in [-0.2, -0.15) is 0 Å². The third-order valence-corrected chi connectivity index (χ3v) is 4.11. The molecule has 1 aliphatic heterocycles. The fourth-order valence-electron chi connectivity index (χ4n) is 2.46. The monoisotopic (exact) mass is 153 g/mol. The Hall–Kier alpha value is -0.530. The van der Waals surface area contributed by atoms with Crippen molar-refractivity contribution in [1.29, 1.82) is 0 Å². The van der Waals surface area contributed by atoms with E-state index in [1.165, 1.54) is 0 Å². The Morgan fingerprint density at radius 3 is 1.91 bits per heavy atom. The molecule has 1 saturated carbocycles. The molecule has 11 heavy (non-hydrogen) atoms. The normalized spacial score (nSPS) is 51.8. The van der Waals surface area contributed by atoms with E-state index in [0.29, 0.717) is 0 Å². The van der Waals surface area contributed by atoms with Crippen LogP contribution >= 0.6 is 0 Å². The first-order chi connectivity index (χ1) is 4.83. The number of fused-ring (bicyclic) bond motifs is 1. The van der Waals surface area contributed by atoms with Gasteiger partial charge in [-0.3, -0.25) is 4.79 Å². The van der Waals surface area contributed by atoms with Gasteiger partial charge in [-0.05, 0) is 20.3 Å². The van der Waals surface area contributed by atoms with Crippen LogP contribution in [0.2, 0.25) is 0 Å². The van der Waals surface area contributed by atoms with E-state index in [9.17, 15) is 4.79 Å². The number of amides is 1. The molecule has 2 atom stereocenters. The Labute approximate surface area is 67.4 Å². The highest BCUT2D eigenvalue weighted by Gasteiger charge is 2.76. The first-order valence-corrected chi connectivity index (χ1v) is 4.16. The summed E-state index contributed by atoms with van der Waals surface area (Å²) in [4.78, 5) is 11.4. The van der Waals surface area contributed by atoms with E-state index in [1.807, 2.05) is 0 Å². The first kappa shape index (κ1) is 7.14. The highest BCUT2D eigenvalue weighted by Crippen LogP contribution is 2.72. The SMILES string of the molecule is CC1(C)NC(=O)[C@]2(C)C[C@@]12C. The van der Waals surface area contributed by atoms with Crippen molar-refractivity contribution in [3.8, 4) is 0 Å². The Morgan fingerprint density at radius 2 is 1.82 bits per heavy atom. The van der Waals surface area contributed by atoms with E-state index in [4.69, 9.17) is 0 Å². The van der Waals surface area contributed by atoms with Crippen LogP contribution in [-0.2, 0) is 4.79 Å². The summed E-state index contributed by atoms with van der Waals surface area (Å²) in [5, 5.41) is 3.03. The van der Waals surface area contributed by atoms with E-state index < -0.39 is 0 Å². The third kappa shape index (κ3) is 0.501. The number of piperidine rings is 1. The second-order valence-electron chi connectivity index (χ2n) is 4.92. The molecule has 2 nitrogen and oxygen atoms in total. The minimum absolute atomic E-state index is 0.00116. The van der Waals surface area contributed by atoms with Gasteiger partial charge in [0.1, 0.15) is 0 Å². The second-order valence-corrected chi connectivity index (χ2v) is 4.92. The summed E-state index contributed by atoms with van der Waals surface area (Å²) >= 11 is 0. The predicted octanol–water partition coefficient (Wildman–Crippen LogP) is 1.31. The molecule has 1 heterocycles. The summed E-state index contributed by atoms with van der Waals surface area (Å²) < 4.78 is 0. The zero-order chi connectivity index (χ0) is 8.49. The fraction of sp³-hybridized carbons (Fsp3) is 0.889. The lowest BCUT2D eigenvalue weighted by molar-refractivity contribution is -0.124. The number of carbonyl (C=O) groups excluding carboxylic acids is 1. The van der Waals surface area contributed by atoms with Crippen molar-refractivity contribution in [3.05, 3.63) is 0 Å². The average Bonchev–Trinajstić information content (AvgIpc) is 2.33. The van der Waals surface area contributed by atoms with Gasteiger partial charge in [0.2, 0.25) is 5.91 Å². The van der Waals surface area contributed by atoms with Crippen LogP contribution in [0.1, 0.15) is 34.1 Å². The summed E-state index contributed by atoms with van der Waals surface area (Å²) in [6.07, 6.45) is 1.05. The molecule has 0 aromatic rings. The number of hydrogen-bond donors (Lipinski definition) is 1. The highest BCUT2D eigenvalue weighted by atomic mass is 16.2. The Morgan fingerprint density at radius 1 is 1.27 bits per heavy atom. The lowest BCUT2D eigenvalue weighted by atomic mass is 9.84. The quantitative estimate of drug-likeness (QED) is 0.558. The molecule has 0 unspecified atom stereocenters. The molecule has 0 aromatic carbocycles. The van der Waals surface area contributed by atoms with Gasteiger partial charge < -0.3 is 5.32 Å². The van der Waals surface area contributed by atoms with Crippen molar-refractivity contribution in [2.24, 2.45) is 10.8 Å². The molecule has 2 heteroatoms. The zero-order valence-electron chi connectivity index (χ0n) is 7.62. The smallest absolute Gasteiger partial charge is 0.227 e. The summed E-state index contributed by atoms with van der Waals surface area (Å²) in [5.41, 5.74) is 0.145. The van der Waals surface area contributed by atoms with Crippen LogP contribution in [0.15, 0.2) is 0 Å². The molecule has 0 radical (unpaired) electrons. The van der Waals surface area contributed by atoms with Crippen LogP contribution < -0.4 is 5.32 Å². The predicted molar refractivity (Wildman–Crippen MR) is 43.1 cm³/mol. The van der Waals surface area contributed by atoms with E-state index in [1.54, 1.807) is 0 Å². The summed E-state index contributed by atoms with van der Waals surface area (Å²) in [6, 6.07) is 0. The van der Waals surface area contributed by atoms with E-state index in [2.05, 4.69) is 33.0 Å². The maximum Gasteiger partial charge on any atom is 0.227 e. The van der Waals surface area contributed by atoms with Crippen LogP contribution in [0.4, 0.5) is 0 Å². The van der Waals surface area contributed by atoms with Crippen LogP contribution in [0.5, 0.6) is 0 Å². The molecule has 1 saturated heterocycles. The van der Waals surface area contributed by atoms with Crippen molar-refractivity contribution in [1.82, 2.24) is 5.32 Å². The molecular formula is C9H15NO. The van der Waals surface area contributed by atoms with Gasteiger partial charge in [0.25, 0.3) is 0 Å². The molecule has 2 fully saturated rings. The molecule has 0 aromatic heterocycles. The standard InChI is InChI=1S/C9H15NO/c1-7(2)9(4)5-8(9,3)6(11)10-7/h5H2,1-4H3,(H,10,11)/t8-,9-/m0/s1. The second kappa shape index (κ2) is 1.35. The van der Waals surface area contributed by atoms with Crippen molar-refractivity contribution in [3.63, 3.8) is 0 Å². The van der Waals surface area contributed by atoms with Crippen molar-refractivity contribution < 1.29 is 4.79 Å². The third-order valence-electron chi connectivity index (χ3n) is 4.11. The molecule has 0 spiro atoms. The Bertz CT molecular complexity index is 246. The zero-order valence-corrected chi connectivity index (χ0v) is 7.62. The van der Waals surface area contributed by atoms with Gasteiger partial charge in [0.05, 0.1) is 5.41 Å². The maximum absolute atomic E-state index is 11.4. The average molecular weight is 153 g/mol. The maximum atomic E-state index is 11.4. The topological polar surface area (TPSA) is 29.1 Å². The lowest BCUT2D eigenvalue weighted by Crippen LogP contribution is -2.43. The summed E-state index contributed by atoms with van der Waals surface area (Å²) in [5.74, 6) is 0.241. The fourth-order valence-corrected chi connectivity index (χ4v) is 2.46. The summed E-state index contributed by atoms with van der Waals surface area (Å²) in [6.45, 7) is 8.49. The van der Waals surface area contributed by atoms with Crippen LogP contribution in [0.25, 0.3) is 0 Å². The first-order valence-electron chi connectivity index (χ1n) is 4.16. The van der Waals surface area contributed by atoms with E-state index in [0.717, 1.165) is 6.42 Å². The minimum Gasteiger partial charge on any atom is -0.350 e. The number of nitrogens with one attached hydrogen (secondary N) is 1. The number of hydrogen-bond acceptors (Lipinski definition) is 1. The number of rotatable bonds is 0. The van der Waals surface area contributed by atoms with E-state index >= 15 is 0 Å². The molecule has 2 aliphatic rings. The van der Waals surface area contributed by atoms with Gasteiger partial charge in [0, 0.05) is 11.0 Å². The molecule has 62 valence electrons. The Kier molecular flexibility index (Phi) is 0.873.